The summed E-state index contributed by atoms with van der Waals surface area (Å²) < 4.78 is 5.22. The van der Waals surface area contributed by atoms with Crippen molar-refractivity contribution in [1.29, 1.82) is 0 Å². The highest BCUT2D eigenvalue weighted by atomic mass is 16.5. The molecule has 92 valence electrons. The Bertz CT molecular complexity index is 402. The summed E-state index contributed by atoms with van der Waals surface area (Å²) in [4.78, 5) is 14.2. The number of para-hydroxylation sites is 1. The molecule has 2 rings (SSSR count). The van der Waals surface area contributed by atoms with Crippen molar-refractivity contribution in [1.82, 2.24) is 4.90 Å². The lowest BCUT2D eigenvalue weighted by molar-refractivity contribution is 0.0745. The van der Waals surface area contributed by atoms with E-state index in [4.69, 9.17) is 10.5 Å². The highest BCUT2D eigenvalue weighted by molar-refractivity contribution is 5.97. The third-order valence-electron chi connectivity index (χ3n) is 2.96. The Hall–Kier alpha value is -1.55. The van der Waals surface area contributed by atoms with E-state index in [2.05, 4.69) is 0 Å². The van der Waals surface area contributed by atoms with E-state index in [1.165, 1.54) is 0 Å². The molecule has 1 fully saturated rings. The van der Waals surface area contributed by atoms with Gasteiger partial charge in [-0.25, -0.2) is 0 Å². The summed E-state index contributed by atoms with van der Waals surface area (Å²) in [6.45, 7) is 1.11. The fraction of sp³-hybridized carbons (Fsp3) is 0.462. The Morgan fingerprint density at radius 2 is 2.18 bits per heavy atom. The first-order chi connectivity index (χ1) is 8.27. The van der Waals surface area contributed by atoms with E-state index in [0.29, 0.717) is 30.4 Å². The van der Waals surface area contributed by atoms with E-state index in [0.717, 1.165) is 12.8 Å². The van der Waals surface area contributed by atoms with Crippen LogP contribution < -0.4 is 10.5 Å². The SMILES string of the molecule is COc1ccccc1C(=O)N(CCN)C1CC1. The molecule has 0 atom stereocenters. The molecule has 4 heteroatoms. The van der Waals surface area contributed by atoms with Gasteiger partial charge in [-0.1, -0.05) is 12.1 Å². The minimum Gasteiger partial charge on any atom is -0.496 e. The van der Waals surface area contributed by atoms with Crippen molar-refractivity contribution in [3.8, 4) is 5.75 Å². The molecule has 0 saturated heterocycles. The number of methoxy groups -OCH3 is 1. The van der Waals surface area contributed by atoms with Crippen LogP contribution in [-0.4, -0.2) is 37.0 Å². The van der Waals surface area contributed by atoms with Gasteiger partial charge in [0.05, 0.1) is 12.7 Å². The third-order valence-corrected chi connectivity index (χ3v) is 2.96. The fourth-order valence-electron chi connectivity index (χ4n) is 1.95. The van der Waals surface area contributed by atoms with Crippen molar-refractivity contribution in [2.24, 2.45) is 5.73 Å². The molecule has 0 aliphatic heterocycles. The maximum atomic E-state index is 12.4. The van der Waals surface area contributed by atoms with Gasteiger partial charge in [0.1, 0.15) is 5.75 Å². The fourth-order valence-corrected chi connectivity index (χ4v) is 1.95. The van der Waals surface area contributed by atoms with Crippen LogP contribution in [0, 0.1) is 0 Å². The summed E-state index contributed by atoms with van der Waals surface area (Å²) >= 11 is 0. The quantitative estimate of drug-likeness (QED) is 0.834. The summed E-state index contributed by atoms with van der Waals surface area (Å²) in [7, 11) is 1.58. The summed E-state index contributed by atoms with van der Waals surface area (Å²) in [5.74, 6) is 0.649. The molecule has 0 bridgehead atoms. The predicted molar refractivity (Wildman–Crippen MR) is 66.1 cm³/mol. The molecular weight excluding hydrogens is 216 g/mol. The lowest BCUT2D eigenvalue weighted by atomic mass is 10.1. The Balaban J connectivity index is 2.21. The average molecular weight is 234 g/mol. The van der Waals surface area contributed by atoms with Crippen LogP contribution in [0.5, 0.6) is 5.75 Å². The van der Waals surface area contributed by atoms with Crippen molar-refractivity contribution in [3.05, 3.63) is 29.8 Å². The van der Waals surface area contributed by atoms with Gasteiger partial charge in [-0.3, -0.25) is 4.79 Å². The van der Waals surface area contributed by atoms with Crippen LogP contribution in [-0.2, 0) is 0 Å². The van der Waals surface area contributed by atoms with Crippen molar-refractivity contribution in [2.45, 2.75) is 18.9 Å². The summed E-state index contributed by atoms with van der Waals surface area (Å²) in [5.41, 5.74) is 6.18. The number of hydrogen-bond donors (Lipinski definition) is 1. The molecule has 4 nitrogen and oxygen atoms in total. The molecule has 1 aliphatic carbocycles. The second-order valence-corrected chi connectivity index (χ2v) is 4.22. The summed E-state index contributed by atoms with van der Waals surface area (Å²) in [6, 6.07) is 7.69. The van der Waals surface area contributed by atoms with Crippen LogP contribution in [0.3, 0.4) is 0 Å². The van der Waals surface area contributed by atoms with Gasteiger partial charge in [-0.2, -0.15) is 0 Å². The predicted octanol–water partition coefficient (Wildman–Crippen LogP) is 1.26. The number of nitrogens with zero attached hydrogens (tertiary/aromatic N) is 1. The molecule has 17 heavy (non-hydrogen) atoms. The van der Waals surface area contributed by atoms with Crippen molar-refractivity contribution < 1.29 is 9.53 Å². The molecule has 1 amide bonds. The van der Waals surface area contributed by atoms with Crippen LogP contribution in [0.4, 0.5) is 0 Å². The molecule has 1 aromatic carbocycles. The maximum absolute atomic E-state index is 12.4. The van der Waals surface area contributed by atoms with E-state index >= 15 is 0 Å². The average Bonchev–Trinajstić information content (AvgIpc) is 3.19. The Morgan fingerprint density at radius 3 is 2.76 bits per heavy atom. The monoisotopic (exact) mass is 234 g/mol. The lowest BCUT2D eigenvalue weighted by Crippen LogP contribution is -2.37. The maximum Gasteiger partial charge on any atom is 0.257 e. The van der Waals surface area contributed by atoms with Gasteiger partial charge in [0, 0.05) is 19.1 Å². The minimum atomic E-state index is 0.0235. The zero-order valence-corrected chi connectivity index (χ0v) is 10.1. The van der Waals surface area contributed by atoms with Crippen LogP contribution in [0.25, 0.3) is 0 Å². The highest BCUT2D eigenvalue weighted by Gasteiger charge is 2.33. The van der Waals surface area contributed by atoms with Crippen LogP contribution in [0.15, 0.2) is 24.3 Å². The van der Waals surface area contributed by atoms with E-state index in [9.17, 15) is 4.79 Å². The zero-order valence-electron chi connectivity index (χ0n) is 10.1. The van der Waals surface area contributed by atoms with E-state index < -0.39 is 0 Å². The zero-order chi connectivity index (χ0) is 12.3. The van der Waals surface area contributed by atoms with Gasteiger partial charge in [-0.15, -0.1) is 0 Å². The first-order valence-electron chi connectivity index (χ1n) is 5.92. The molecule has 1 aromatic rings. The van der Waals surface area contributed by atoms with Gasteiger partial charge < -0.3 is 15.4 Å². The second kappa shape index (κ2) is 5.19. The normalized spacial score (nSPS) is 14.5. The van der Waals surface area contributed by atoms with Gasteiger partial charge in [-0.05, 0) is 25.0 Å². The number of ether oxygens (including phenoxy) is 1. The van der Waals surface area contributed by atoms with Gasteiger partial charge >= 0.3 is 0 Å². The number of benzene rings is 1. The first-order valence-corrected chi connectivity index (χ1v) is 5.92. The second-order valence-electron chi connectivity index (χ2n) is 4.22. The van der Waals surface area contributed by atoms with Gasteiger partial charge in [0.25, 0.3) is 5.91 Å². The standard InChI is InChI=1S/C13H18N2O2/c1-17-12-5-3-2-4-11(12)13(16)15(9-8-14)10-6-7-10/h2-5,10H,6-9,14H2,1H3. The largest absolute Gasteiger partial charge is 0.496 e. The van der Waals surface area contributed by atoms with E-state index in [-0.39, 0.29) is 5.91 Å². The summed E-state index contributed by atoms with van der Waals surface area (Å²) in [5, 5.41) is 0. The first kappa shape index (κ1) is 11.9. The minimum absolute atomic E-state index is 0.0235. The van der Waals surface area contributed by atoms with Crippen LogP contribution in [0.1, 0.15) is 23.2 Å². The Morgan fingerprint density at radius 1 is 1.47 bits per heavy atom. The Kier molecular flexibility index (Phi) is 3.64. The molecule has 0 heterocycles. The summed E-state index contributed by atoms with van der Waals surface area (Å²) in [6.07, 6.45) is 2.17. The Labute approximate surface area is 101 Å². The molecule has 2 N–H and O–H groups in total. The van der Waals surface area contributed by atoms with Crippen LogP contribution >= 0.6 is 0 Å². The molecule has 0 unspecified atom stereocenters. The molecule has 0 spiro atoms. The van der Waals surface area contributed by atoms with Crippen molar-refractivity contribution in [3.63, 3.8) is 0 Å². The number of amides is 1. The molecule has 0 aromatic heterocycles. The number of hydrogen-bond acceptors (Lipinski definition) is 3. The lowest BCUT2D eigenvalue weighted by Gasteiger charge is -2.22. The molecule has 1 saturated carbocycles. The van der Waals surface area contributed by atoms with Crippen molar-refractivity contribution in [2.75, 3.05) is 20.2 Å². The van der Waals surface area contributed by atoms with E-state index in [1.54, 1.807) is 19.2 Å². The van der Waals surface area contributed by atoms with Crippen molar-refractivity contribution >= 4 is 5.91 Å². The van der Waals surface area contributed by atoms with Crippen LogP contribution in [0.2, 0.25) is 0 Å². The highest BCUT2D eigenvalue weighted by Crippen LogP contribution is 2.29. The molecular formula is C13H18N2O2. The van der Waals surface area contributed by atoms with Gasteiger partial charge in [0.2, 0.25) is 0 Å². The van der Waals surface area contributed by atoms with Gasteiger partial charge in [0.15, 0.2) is 0 Å². The number of carbonyl (C=O) groups is 1. The number of rotatable bonds is 5. The number of nitrogens with two attached hydrogens (primary N) is 1. The topological polar surface area (TPSA) is 55.6 Å². The number of carbonyl (C=O) groups excluding carboxylic acids is 1. The third kappa shape index (κ3) is 2.58. The molecule has 0 radical (unpaired) electrons. The smallest absolute Gasteiger partial charge is 0.257 e. The van der Waals surface area contributed by atoms with E-state index in [1.807, 2.05) is 17.0 Å². The molecule has 1 aliphatic rings.